The summed E-state index contributed by atoms with van der Waals surface area (Å²) in [5.74, 6) is 0.0375. The first kappa shape index (κ1) is 16.2. The fourth-order valence-electron chi connectivity index (χ4n) is 2.61. The normalized spacial score (nSPS) is 10.8. The third kappa shape index (κ3) is 3.02. The molecule has 26 heavy (non-hydrogen) atoms. The summed E-state index contributed by atoms with van der Waals surface area (Å²) >= 11 is 6.02. The van der Waals surface area contributed by atoms with E-state index in [-0.39, 0.29) is 17.3 Å². The van der Waals surface area contributed by atoms with Crippen molar-refractivity contribution in [2.45, 2.75) is 0 Å². The number of nitrogens with zero attached hydrogens (tertiary/aromatic N) is 3. The van der Waals surface area contributed by atoms with E-state index in [0.29, 0.717) is 15.9 Å². The van der Waals surface area contributed by atoms with Gasteiger partial charge in [-0.15, -0.1) is 0 Å². The van der Waals surface area contributed by atoms with Crippen molar-refractivity contribution in [3.05, 3.63) is 88.1 Å². The molecule has 7 heteroatoms. The van der Waals surface area contributed by atoms with E-state index in [2.05, 4.69) is 15.3 Å². The Labute approximate surface area is 152 Å². The van der Waals surface area contributed by atoms with Crippen molar-refractivity contribution in [3.63, 3.8) is 0 Å². The molecule has 5 nitrogen and oxygen atoms in total. The minimum Gasteiger partial charge on any atom is -0.325 e. The van der Waals surface area contributed by atoms with E-state index in [1.807, 2.05) is 30.3 Å². The molecule has 0 unspecified atom stereocenters. The predicted molar refractivity (Wildman–Crippen MR) is 99.8 cm³/mol. The molecule has 0 aliphatic heterocycles. The second-order valence-corrected chi connectivity index (χ2v) is 6.00. The number of para-hydroxylation sites is 1. The van der Waals surface area contributed by atoms with Crippen LogP contribution in [0.25, 0.3) is 16.7 Å². The van der Waals surface area contributed by atoms with Crippen molar-refractivity contribution in [2.24, 2.45) is 0 Å². The first-order valence-electron chi connectivity index (χ1n) is 7.78. The smallest absolute Gasteiger partial charge is 0.268 e. The maximum absolute atomic E-state index is 13.3. The molecule has 2 heterocycles. The highest BCUT2D eigenvalue weighted by Gasteiger charge is 2.14. The topological polar surface area (TPSA) is 59.8 Å². The molecule has 0 atom stereocenters. The van der Waals surface area contributed by atoms with Crippen LogP contribution < -0.4 is 10.9 Å². The Morgan fingerprint density at radius 1 is 1.04 bits per heavy atom. The van der Waals surface area contributed by atoms with Crippen LogP contribution in [0.1, 0.15) is 0 Å². The van der Waals surface area contributed by atoms with Gasteiger partial charge in [-0.25, -0.2) is 18.9 Å². The predicted octanol–water partition coefficient (Wildman–Crippen LogP) is 4.32. The summed E-state index contributed by atoms with van der Waals surface area (Å²) in [6.07, 6.45) is 1.05. The molecule has 0 spiro atoms. The minimum atomic E-state index is -0.490. The lowest BCUT2D eigenvalue weighted by atomic mass is 10.2. The van der Waals surface area contributed by atoms with Crippen LogP contribution in [-0.2, 0) is 0 Å². The van der Waals surface area contributed by atoms with E-state index < -0.39 is 5.82 Å². The van der Waals surface area contributed by atoms with E-state index in [1.54, 1.807) is 18.2 Å². The van der Waals surface area contributed by atoms with Crippen molar-refractivity contribution in [1.82, 2.24) is 14.5 Å². The number of fused-ring (bicyclic) bond motifs is 1. The minimum absolute atomic E-state index is 0.254. The number of nitrogens with one attached hydrogen (secondary N) is 1. The number of pyridine rings is 1. The lowest BCUT2D eigenvalue weighted by molar-refractivity contribution is 0.620. The summed E-state index contributed by atoms with van der Waals surface area (Å²) in [6.45, 7) is 0. The number of hydrogen-bond donors (Lipinski definition) is 1. The molecule has 0 amide bonds. The van der Waals surface area contributed by atoms with Gasteiger partial charge in [-0.3, -0.25) is 4.79 Å². The summed E-state index contributed by atoms with van der Waals surface area (Å²) in [4.78, 5) is 21.6. The Morgan fingerprint density at radius 3 is 2.58 bits per heavy atom. The number of aromatic nitrogens is 3. The van der Waals surface area contributed by atoms with Gasteiger partial charge in [0, 0.05) is 10.7 Å². The second kappa shape index (κ2) is 6.57. The standard InChI is InChI=1S/C19H12ClFN4O/c20-12-6-8-16-15(10-12)18(26)25(17-9-7-13(21)11-22-17)19(24-16)23-14-4-2-1-3-5-14/h1-11H,(H,23,24). The van der Waals surface area contributed by atoms with Gasteiger partial charge in [-0.2, -0.15) is 0 Å². The van der Waals surface area contributed by atoms with Crippen molar-refractivity contribution >= 4 is 34.1 Å². The summed E-state index contributed by atoms with van der Waals surface area (Å²) in [7, 11) is 0. The highest BCUT2D eigenvalue weighted by Crippen LogP contribution is 2.21. The molecule has 128 valence electrons. The molecule has 2 aromatic carbocycles. The molecule has 0 aliphatic carbocycles. The van der Waals surface area contributed by atoms with Crippen molar-refractivity contribution in [1.29, 1.82) is 0 Å². The average molecular weight is 367 g/mol. The Morgan fingerprint density at radius 2 is 1.85 bits per heavy atom. The monoisotopic (exact) mass is 366 g/mol. The fourth-order valence-corrected chi connectivity index (χ4v) is 2.78. The molecular formula is C19H12ClFN4O. The Kier molecular flexibility index (Phi) is 4.10. The van der Waals surface area contributed by atoms with Gasteiger partial charge in [0.15, 0.2) is 0 Å². The molecule has 1 N–H and O–H groups in total. The highest BCUT2D eigenvalue weighted by molar-refractivity contribution is 6.31. The summed E-state index contributed by atoms with van der Waals surface area (Å²) in [5, 5.41) is 3.90. The van der Waals surface area contributed by atoms with Gasteiger partial charge >= 0.3 is 0 Å². The lowest BCUT2D eigenvalue weighted by Crippen LogP contribution is -2.23. The van der Waals surface area contributed by atoms with Crippen LogP contribution in [0.5, 0.6) is 0 Å². The van der Waals surface area contributed by atoms with Gasteiger partial charge in [0.2, 0.25) is 5.95 Å². The van der Waals surface area contributed by atoms with Crippen molar-refractivity contribution in [3.8, 4) is 5.82 Å². The van der Waals surface area contributed by atoms with Gasteiger partial charge < -0.3 is 5.32 Å². The number of benzene rings is 2. The van der Waals surface area contributed by atoms with Crippen LogP contribution in [0.15, 0.2) is 71.7 Å². The molecule has 0 bridgehead atoms. The third-order valence-corrected chi connectivity index (χ3v) is 4.04. The zero-order valence-corrected chi connectivity index (χ0v) is 14.1. The quantitative estimate of drug-likeness (QED) is 0.586. The van der Waals surface area contributed by atoms with Gasteiger partial charge in [0.25, 0.3) is 5.56 Å². The average Bonchev–Trinajstić information content (AvgIpc) is 2.65. The molecule has 0 saturated heterocycles. The van der Waals surface area contributed by atoms with Gasteiger partial charge in [-0.05, 0) is 42.5 Å². The van der Waals surface area contributed by atoms with Gasteiger partial charge in [0.05, 0.1) is 17.1 Å². The maximum Gasteiger partial charge on any atom is 0.268 e. The maximum atomic E-state index is 13.3. The van der Waals surface area contributed by atoms with Gasteiger partial charge in [-0.1, -0.05) is 29.8 Å². The molecule has 4 aromatic rings. The van der Waals surface area contributed by atoms with Crippen LogP contribution in [0, 0.1) is 5.82 Å². The van der Waals surface area contributed by atoms with Crippen LogP contribution in [0.2, 0.25) is 5.02 Å². The van der Waals surface area contributed by atoms with Crippen molar-refractivity contribution in [2.75, 3.05) is 5.32 Å². The lowest BCUT2D eigenvalue weighted by Gasteiger charge is -2.14. The van der Waals surface area contributed by atoms with E-state index in [9.17, 15) is 9.18 Å². The first-order valence-corrected chi connectivity index (χ1v) is 8.16. The van der Waals surface area contributed by atoms with E-state index >= 15 is 0 Å². The molecule has 0 fully saturated rings. The van der Waals surface area contributed by atoms with E-state index in [0.717, 1.165) is 11.9 Å². The molecule has 0 aliphatic rings. The molecule has 4 rings (SSSR count). The number of anilines is 2. The number of rotatable bonds is 3. The van der Waals surface area contributed by atoms with Crippen LogP contribution >= 0.6 is 11.6 Å². The Bertz CT molecular complexity index is 1140. The highest BCUT2D eigenvalue weighted by atomic mass is 35.5. The summed E-state index contributed by atoms with van der Waals surface area (Å²) < 4.78 is 14.6. The van der Waals surface area contributed by atoms with Crippen LogP contribution in [0.3, 0.4) is 0 Å². The summed E-state index contributed by atoms with van der Waals surface area (Å²) in [6, 6.07) is 16.9. The van der Waals surface area contributed by atoms with Crippen molar-refractivity contribution < 1.29 is 4.39 Å². The fraction of sp³-hybridized carbons (Fsp3) is 0. The SMILES string of the molecule is O=c1c2cc(Cl)ccc2nc(Nc2ccccc2)n1-c1ccc(F)cn1. The zero-order valence-electron chi connectivity index (χ0n) is 13.4. The second-order valence-electron chi connectivity index (χ2n) is 5.56. The van der Waals surface area contributed by atoms with Crippen LogP contribution in [0.4, 0.5) is 16.0 Å². The Hall–Kier alpha value is -3.25. The van der Waals surface area contributed by atoms with E-state index in [4.69, 9.17) is 11.6 Å². The molecule has 0 radical (unpaired) electrons. The Balaban J connectivity index is 1.98. The number of halogens is 2. The van der Waals surface area contributed by atoms with E-state index in [1.165, 1.54) is 16.7 Å². The molecule has 2 aromatic heterocycles. The van der Waals surface area contributed by atoms with Crippen LogP contribution in [-0.4, -0.2) is 14.5 Å². The first-order chi connectivity index (χ1) is 12.6. The summed E-state index contributed by atoms with van der Waals surface area (Å²) in [5.41, 5.74) is 0.898. The largest absolute Gasteiger partial charge is 0.325 e. The zero-order chi connectivity index (χ0) is 18.1. The molecule has 0 saturated carbocycles. The van der Waals surface area contributed by atoms with Gasteiger partial charge in [0.1, 0.15) is 11.6 Å². The third-order valence-electron chi connectivity index (χ3n) is 3.80. The number of hydrogen-bond acceptors (Lipinski definition) is 4. The molecular weight excluding hydrogens is 355 g/mol.